The summed E-state index contributed by atoms with van der Waals surface area (Å²) in [6, 6.07) is 8.12. The van der Waals surface area contributed by atoms with E-state index in [4.69, 9.17) is 0 Å². The van der Waals surface area contributed by atoms with E-state index in [9.17, 15) is 9.90 Å². The van der Waals surface area contributed by atoms with Crippen molar-refractivity contribution in [2.24, 2.45) is 0 Å². The summed E-state index contributed by atoms with van der Waals surface area (Å²) < 4.78 is 0. The van der Waals surface area contributed by atoms with Crippen LogP contribution >= 0.6 is 23.1 Å². The zero-order valence-electron chi connectivity index (χ0n) is 11.0. The molecule has 0 saturated carbocycles. The minimum atomic E-state index is -0.950. The number of hydrogen-bond acceptors (Lipinski definition) is 4. The van der Waals surface area contributed by atoms with Gasteiger partial charge < -0.3 is 5.11 Å². The van der Waals surface area contributed by atoms with E-state index in [1.807, 2.05) is 35.9 Å². The first-order valence-electron chi connectivity index (χ1n) is 5.79. The van der Waals surface area contributed by atoms with Crippen LogP contribution in [0.15, 0.2) is 34.5 Å². The summed E-state index contributed by atoms with van der Waals surface area (Å²) in [4.78, 5) is 16.9. The molecule has 0 bridgehead atoms. The Morgan fingerprint density at radius 1 is 1.32 bits per heavy atom. The van der Waals surface area contributed by atoms with Gasteiger partial charge in [-0.3, -0.25) is 4.79 Å². The van der Waals surface area contributed by atoms with Crippen molar-refractivity contribution in [2.75, 3.05) is 6.26 Å². The maximum absolute atomic E-state index is 11.2. The number of rotatable bonds is 4. The van der Waals surface area contributed by atoms with E-state index in [-0.39, 0.29) is 0 Å². The van der Waals surface area contributed by atoms with Gasteiger partial charge in [0.15, 0.2) is 0 Å². The molecule has 3 nitrogen and oxygen atoms in total. The van der Waals surface area contributed by atoms with Gasteiger partial charge in [-0.1, -0.05) is 12.1 Å². The van der Waals surface area contributed by atoms with E-state index in [0.717, 1.165) is 10.6 Å². The van der Waals surface area contributed by atoms with E-state index < -0.39 is 11.4 Å². The fraction of sp³-hybridized carbons (Fsp3) is 0.286. The second kappa shape index (κ2) is 5.35. The molecule has 0 aliphatic heterocycles. The molecule has 100 valence electrons. The minimum absolute atomic E-state index is 0.606. The molecule has 0 radical (unpaired) electrons. The second-order valence-electron chi connectivity index (χ2n) is 4.70. The molecule has 0 spiro atoms. The molecule has 0 saturated heterocycles. The Bertz CT molecular complexity index is 588. The molecule has 19 heavy (non-hydrogen) atoms. The first-order chi connectivity index (χ1) is 8.95. The Morgan fingerprint density at radius 2 is 1.95 bits per heavy atom. The van der Waals surface area contributed by atoms with Gasteiger partial charge in [-0.25, -0.2) is 4.98 Å². The van der Waals surface area contributed by atoms with Crippen molar-refractivity contribution in [3.63, 3.8) is 0 Å². The standard InChI is InChI=1S/C14H15NO2S2/c1-14(2,13(16)17)11-8-19-12(15-11)9-4-6-10(18-3)7-5-9/h4-8H,1-3H3,(H,16,17). The SMILES string of the molecule is CSc1ccc(-c2nc(C(C)(C)C(=O)O)cs2)cc1. The molecule has 0 unspecified atom stereocenters. The minimum Gasteiger partial charge on any atom is -0.481 e. The van der Waals surface area contributed by atoms with Crippen LogP contribution in [0.25, 0.3) is 10.6 Å². The van der Waals surface area contributed by atoms with E-state index in [0.29, 0.717) is 5.69 Å². The third-order valence-corrected chi connectivity index (χ3v) is 4.65. The molecule has 0 atom stereocenters. The number of carbonyl (C=O) groups is 1. The number of aromatic nitrogens is 1. The molecule has 1 N–H and O–H groups in total. The molecule has 5 heteroatoms. The number of aliphatic carboxylic acids is 1. The Labute approximate surface area is 120 Å². The average Bonchev–Trinajstić information content (AvgIpc) is 2.89. The van der Waals surface area contributed by atoms with E-state index in [1.54, 1.807) is 25.6 Å². The average molecular weight is 293 g/mol. The van der Waals surface area contributed by atoms with Crippen LogP contribution in [0.2, 0.25) is 0 Å². The van der Waals surface area contributed by atoms with Gasteiger partial charge in [0.25, 0.3) is 0 Å². The number of hydrogen-bond donors (Lipinski definition) is 1. The fourth-order valence-electron chi connectivity index (χ4n) is 1.54. The third kappa shape index (κ3) is 2.82. The van der Waals surface area contributed by atoms with Gasteiger partial charge in [0, 0.05) is 15.8 Å². The van der Waals surface area contributed by atoms with Crippen LogP contribution in [-0.2, 0) is 10.2 Å². The molecule has 1 heterocycles. The van der Waals surface area contributed by atoms with Crippen molar-refractivity contribution in [3.05, 3.63) is 35.3 Å². The molecule has 0 amide bonds. The van der Waals surface area contributed by atoms with Gasteiger partial charge in [-0.2, -0.15) is 0 Å². The Kier molecular flexibility index (Phi) is 3.96. The molecule has 2 rings (SSSR count). The lowest BCUT2D eigenvalue weighted by molar-refractivity contribution is -0.142. The number of thiazole rings is 1. The van der Waals surface area contributed by atoms with E-state index in [2.05, 4.69) is 4.98 Å². The van der Waals surface area contributed by atoms with Crippen molar-refractivity contribution in [1.29, 1.82) is 0 Å². The first kappa shape index (κ1) is 14.1. The maximum atomic E-state index is 11.2. The van der Waals surface area contributed by atoms with E-state index >= 15 is 0 Å². The molecule has 2 aromatic rings. The van der Waals surface area contributed by atoms with Gasteiger partial charge >= 0.3 is 5.97 Å². The van der Waals surface area contributed by atoms with Gasteiger partial charge in [-0.15, -0.1) is 23.1 Å². The summed E-state index contributed by atoms with van der Waals surface area (Å²) in [5.41, 5.74) is 0.678. The molecular weight excluding hydrogens is 278 g/mol. The number of benzene rings is 1. The van der Waals surface area contributed by atoms with Gasteiger partial charge in [0.2, 0.25) is 0 Å². The highest BCUT2D eigenvalue weighted by atomic mass is 32.2. The van der Waals surface area contributed by atoms with Crippen molar-refractivity contribution in [2.45, 2.75) is 24.2 Å². The van der Waals surface area contributed by atoms with Crippen molar-refractivity contribution >= 4 is 29.1 Å². The van der Waals surface area contributed by atoms with Crippen molar-refractivity contribution < 1.29 is 9.90 Å². The van der Waals surface area contributed by atoms with Gasteiger partial charge in [0.1, 0.15) is 10.4 Å². The lowest BCUT2D eigenvalue weighted by atomic mass is 9.90. The number of carboxylic acids is 1. The van der Waals surface area contributed by atoms with Crippen LogP contribution in [0, 0.1) is 0 Å². The number of thioether (sulfide) groups is 1. The largest absolute Gasteiger partial charge is 0.481 e. The second-order valence-corrected chi connectivity index (χ2v) is 6.43. The van der Waals surface area contributed by atoms with Crippen LogP contribution in [0.1, 0.15) is 19.5 Å². The topological polar surface area (TPSA) is 50.2 Å². The third-order valence-electron chi connectivity index (χ3n) is 3.02. The Balaban J connectivity index is 2.32. The van der Waals surface area contributed by atoms with Crippen LogP contribution in [0.5, 0.6) is 0 Å². The molecule has 0 aliphatic carbocycles. The summed E-state index contributed by atoms with van der Waals surface area (Å²) in [7, 11) is 0. The number of nitrogens with zero attached hydrogens (tertiary/aromatic N) is 1. The predicted molar refractivity (Wildman–Crippen MR) is 80.0 cm³/mol. The first-order valence-corrected chi connectivity index (χ1v) is 7.89. The summed E-state index contributed by atoms with van der Waals surface area (Å²) in [6.45, 7) is 3.34. The van der Waals surface area contributed by atoms with Gasteiger partial charge in [0.05, 0.1) is 5.69 Å². The Morgan fingerprint density at radius 3 is 2.47 bits per heavy atom. The zero-order valence-corrected chi connectivity index (χ0v) is 12.6. The predicted octanol–water partition coefficient (Wildman–Crippen LogP) is 3.89. The number of carboxylic acid groups (broad SMARTS) is 1. The highest BCUT2D eigenvalue weighted by Crippen LogP contribution is 2.31. The van der Waals surface area contributed by atoms with Crippen LogP contribution < -0.4 is 0 Å². The molecule has 0 fully saturated rings. The zero-order chi connectivity index (χ0) is 14.0. The van der Waals surface area contributed by atoms with Crippen LogP contribution in [-0.4, -0.2) is 22.3 Å². The van der Waals surface area contributed by atoms with Crippen molar-refractivity contribution in [1.82, 2.24) is 4.98 Å². The molecular formula is C14H15NO2S2. The smallest absolute Gasteiger partial charge is 0.315 e. The lowest BCUT2D eigenvalue weighted by Crippen LogP contribution is -2.28. The fourth-order valence-corrected chi connectivity index (χ4v) is 2.94. The van der Waals surface area contributed by atoms with Crippen LogP contribution in [0.3, 0.4) is 0 Å². The monoisotopic (exact) mass is 293 g/mol. The lowest BCUT2D eigenvalue weighted by Gasteiger charge is -2.15. The normalized spacial score (nSPS) is 11.5. The molecule has 1 aromatic carbocycles. The van der Waals surface area contributed by atoms with Gasteiger partial charge in [-0.05, 0) is 32.2 Å². The molecule has 0 aliphatic rings. The highest BCUT2D eigenvalue weighted by Gasteiger charge is 2.32. The summed E-state index contributed by atoms with van der Waals surface area (Å²) >= 11 is 3.17. The summed E-state index contributed by atoms with van der Waals surface area (Å²) in [6.07, 6.45) is 2.03. The summed E-state index contributed by atoms with van der Waals surface area (Å²) in [5.74, 6) is -0.859. The summed E-state index contributed by atoms with van der Waals surface area (Å²) in [5, 5.41) is 11.9. The van der Waals surface area contributed by atoms with Crippen LogP contribution in [0.4, 0.5) is 0 Å². The molecule has 1 aromatic heterocycles. The Hall–Kier alpha value is -1.33. The van der Waals surface area contributed by atoms with E-state index in [1.165, 1.54) is 16.2 Å². The highest BCUT2D eigenvalue weighted by molar-refractivity contribution is 7.98. The maximum Gasteiger partial charge on any atom is 0.315 e. The van der Waals surface area contributed by atoms with Crippen molar-refractivity contribution in [3.8, 4) is 10.6 Å². The quantitative estimate of drug-likeness (QED) is 0.869.